The summed E-state index contributed by atoms with van der Waals surface area (Å²) in [5.41, 5.74) is 3.67. The highest BCUT2D eigenvalue weighted by Crippen LogP contribution is 2.56. The summed E-state index contributed by atoms with van der Waals surface area (Å²) < 4.78 is 0. The number of carbonyl (C=O) groups is 1. The third-order valence-corrected chi connectivity index (χ3v) is 7.01. The van der Waals surface area contributed by atoms with Crippen LogP contribution in [0.25, 0.3) is 11.3 Å². The summed E-state index contributed by atoms with van der Waals surface area (Å²) in [7, 11) is 3.86. The van der Waals surface area contributed by atoms with E-state index in [9.17, 15) is 4.79 Å². The maximum Gasteiger partial charge on any atom is 0.226 e. The Balaban J connectivity index is 1.49. The van der Waals surface area contributed by atoms with Crippen molar-refractivity contribution in [1.82, 2.24) is 19.9 Å². The Hall–Kier alpha value is -3.28. The molecule has 1 amide bonds. The molecule has 3 aromatic rings. The van der Waals surface area contributed by atoms with Crippen molar-refractivity contribution in [3.05, 3.63) is 72.2 Å². The third-order valence-electron chi connectivity index (χ3n) is 7.01. The van der Waals surface area contributed by atoms with Crippen LogP contribution < -0.4 is 4.90 Å². The van der Waals surface area contributed by atoms with E-state index in [1.54, 1.807) is 6.20 Å². The summed E-state index contributed by atoms with van der Waals surface area (Å²) in [6, 6.07) is 16.1. The molecule has 2 fully saturated rings. The average molecular weight is 442 g/mol. The van der Waals surface area contributed by atoms with Crippen LogP contribution in [0, 0.1) is 17.8 Å². The van der Waals surface area contributed by atoms with Crippen molar-refractivity contribution in [2.75, 3.05) is 19.0 Å². The summed E-state index contributed by atoms with van der Waals surface area (Å²) in [5, 5.41) is 0. The lowest BCUT2D eigenvalue weighted by Gasteiger charge is -2.25. The molecule has 170 valence electrons. The first kappa shape index (κ1) is 21.6. The minimum atomic E-state index is 0.171. The molecule has 0 aliphatic heterocycles. The molecular weight excluding hydrogens is 410 g/mol. The summed E-state index contributed by atoms with van der Waals surface area (Å²) in [6.45, 7) is 1.03. The van der Waals surface area contributed by atoms with E-state index in [-0.39, 0.29) is 11.8 Å². The minimum absolute atomic E-state index is 0.171. The molecule has 0 bridgehead atoms. The SMILES string of the molecule is CN(C)c1ncc(-c2ccccn2)c(CN(Cc2ccccc2)C(=O)C2[C@H]3CCCC[C@H]23)n1. The van der Waals surface area contributed by atoms with Crippen molar-refractivity contribution in [3.8, 4) is 11.3 Å². The zero-order chi connectivity index (χ0) is 22.8. The average Bonchev–Trinajstić information content (AvgIpc) is 3.59. The number of aromatic nitrogens is 3. The Kier molecular flexibility index (Phi) is 6.07. The van der Waals surface area contributed by atoms with Crippen molar-refractivity contribution in [2.45, 2.75) is 38.8 Å². The van der Waals surface area contributed by atoms with Gasteiger partial charge < -0.3 is 9.80 Å². The van der Waals surface area contributed by atoms with Crippen LogP contribution in [0.4, 0.5) is 5.95 Å². The van der Waals surface area contributed by atoms with E-state index in [0.29, 0.717) is 30.9 Å². The molecule has 0 N–H and O–H groups in total. The number of benzene rings is 1. The lowest BCUT2D eigenvalue weighted by molar-refractivity contribution is -0.134. The summed E-state index contributed by atoms with van der Waals surface area (Å²) in [5.74, 6) is 2.22. The highest BCUT2D eigenvalue weighted by atomic mass is 16.2. The molecule has 33 heavy (non-hydrogen) atoms. The van der Waals surface area contributed by atoms with Gasteiger partial charge in [0.2, 0.25) is 11.9 Å². The number of nitrogens with zero attached hydrogens (tertiary/aromatic N) is 5. The topological polar surface area (TPSA) is 62.2 Å². The van der Waals surface area contributed by atoms with Gasteiger partial charge in [0.25, 0.3) is 0 Å². The zero-order valence-electron chi connectivity index (χ0n) is 19.4. The van der Waals surface area contributed by atoms with Gasteiger partial charge in [-0.15, -0.1) is 0 Å². The fourth-order valence-corrected chi connectivity index (χ4v) is 5.24. The summed E-state index contributed by atoms with van der Waals surface area (Å²) in [4.78, 5) is 31.6. The van der Waals surface area contributed by atoms with Crippen molar-refractivity contribution in [2.24, 2.45) is 17.8 Å². The number of hydrogen-bond donors (Lipinski definition) is 0. The monoisotopic (exact) mass is 441 g/mol. The number of amides is 1. The second-order valence-electron chi connectivity index (χ2n) is 9.46. The minimum Gasteiger partial charge on any atom is -0.347 e. The highest BCUT2D eigenvalue weighted by Gasteiger charge is 2.55. The van der Waals surface area contributed by atoms with Crippen LogP contribution in [0.15, 0.2) is 60.9 Å². The molecule has 6 nitrogen and oxygen atoms in total. The highest BCUT2D eigenvalue weighted by molar-refractivity contribution is 5.82. The lowest BCUT2D eigenvalue weighted by Crippen LogP contribution is -2.33. The first-order chi connectivity index (χ1) is 16.1. The number of rotatable bonds is 7. The number of anilines is 1. The molecular formula is C27H31N5O. The molecule has 0 radical (unpaired) electrons. The normalized spacial score (nSPS) is 21.2. The van der Waals surface area contributed by atoms with E-state index in [4.69, 9.17) is 4.98 Å². The molecule has 6 heteroatoms. The van der Waals surface area contributed by atoms with Crippen molar-refractivity contribution in [1.29, 1.82) is 0 Å². The Morgan fingerprint density at radius 2 is 1.67 bits per heavy atom. The molecule has 2 aromatic heterocycles. The van der Waals surface area contributed by atoms with Gasteiger partial charge in [0.15, 0.2) is 0 Å². The van der Waals surface area contributed by atoms with Gasteiger partial charge in [-0.25, -0.2) is 9.97 Å². The molecule has 0 unspecified atom stereocenters. The molecule has 1 aromatic carbocycles. The van der Waals surface area contributed by atoms with Crippen LogP contribution in [-0.2, 0) is 17.9 Å². The van der Waals surface area contributed by atoms with Crippen LogP contribution >= 0.6 is 0 Å². The second kappa shape index (κ2) is 9.30. The van der Waals surface area contributed by atoms with Crippen molar-refractivity contribution in [3.63, 3.8) is 0 Å². The van der Waals surface area contributed by atoms with Crippen LogP contribution in [0.2, 0.25) is 0 Å². The molecule has 5 rings (SSSR count). The fraction of sp³-hybridized carbons (Fsp3) is 0.407. The molecule has 2 aliphatic rings. The maximum absolute atomic E-state index is 13.8. The van der Waals surface area contributed by atoms with Crippen molar-refractivity contribution >= 4 is 11.9 Å². The number of pyridine rings is 1. The fourth-order valence-electron chi connectivity index (χ4n) is 5.24. The largest absolute Gasteiger partial charge is 0.347 e. The van der Waals surface area contributed by atoms with E-state index >= 15 is 0 Å². The number of carbonyl (C=O) groups excluding carboxylic acids is 1. The lowest BCUT2D eigenvalue weighted by atomic mass is 10.0. The summed E-state index contributed by atoms with van der Waals surface area (Å²) in [6.07, 6.45) is 8.51. The predicted octanol–water partition coefficient (Wildman–Crippen LogP) is 4.57. The Morgan fingerprint density at radius 1 is 0.939 bits per heavy atom. The number of hydrogen-bond acceptors (Lipinski definition) is 5. The van der Waals surface area contributed by atoms with Crippen LogP contribution in [0.1, 0.15) is 36.9 Å². The van der Waals surface area contributed by atoms with E-state index in [0.717, 1.165) is 22.5 Å². The van der Waals surface area contributed by atoms with Gasteiger partial charge in [-0.1, -0.05) is 49.2 Å². The van der Waals surface area contributed by atoms with Gasteiger partial charge in [0, 0.05) is 44.5 Å². The molecule has 0 saturated heterocycles. The Bertz CT molecular complexity index is 1090. The first-order valence-corrected chi connectivity index (χ1v) is 11.9. The van der Waals surface area contributed by atoms with E-state index < -0.39 is 0 Å². The van der Waals surface area contributed by atoms with Gasteiger partial charge in [-0.2, -0.15) is 0 Å². The van der Waals surface area contributed by atoms with E-state index in [1.807, 2.05) is 66.5 Å². The molecule has 2 atom stereocenters. The van der Waals surface area contributed by atoms with E-state index in [2.05, 4.69) is 22.1 Å². The number of fused-ring (bicyclic) bond motifs is 1. The van der Waals surface area contributed by atoms with Gasteiger partial charge in [0.05, 0.1) is 17.9 Å². The third kappa shape index (κ3) is 4.61. The summed E-state index contributed by atoms with van der Waals surface area (Å²) >= 11 is 0. The Morgan fingerprint density at radius 3 is 2.33 bits per heavy atom. The standard InChI is InChI=1S/C27H31N5O/c1-31(2)27-29-16-22(23-14-8-9-15-28-23)24(30-27)18-32(17-19-10-4-3-5-11-19)26(33)25-20-12-6-7-13-21(20)25/h3-5,8-11,14-16,20-21,25H,6-7,12-13,17-18H2,1-2H3/t20-,21-/m0/s1. The molecule has 2 saturated carbocycles. The van der Waals surface area contributed by atoms with Gasteiger partial charge in [-0.3, -0.25) is 9.78 Å². The molecule has 2 heterocycles. The van der Waals surface area contributed by atoms with Gasteiger partial charge in [0.1, 0.15) is 0 Å². The second-order valence-corrected chi connectivity index (χ2v) is 9.46. The molecule has 0 spiro atoms. The van der Waals surface area contributed by atoms with Crippen LogP contribution in [0.3, 0.4) is 0 Å². The first-order valence-electron chi connectivity index (χ1n) is 11.9. The van der Waals surface area contributed by atoms with Crippen molar-refractivity contribution < 1.29 is 4.79 Å². The predicted molar refractivity (Wildman–Crippen MR) is 129 cm³/mol. The quantitative estimate of drug-likeness (QED) is 0.537. The van der Waals surface area contributed by atoms with Crippen LogP contribution in [0.5, 0.6) is 0 Å². The molecule has 2 aliphatic carbocycles. The van der Waals surface area contributed by atoms with Gasteiger partial charge >= 0.3 is 0 Å². The Labute approximate surface area is 195 Å². The van der Waals surface area contributed by atoms with Crippen LogP contribution in [-0.4, -0.2) is 39.9 Å². The smallest absolute Gasteiger partial charge is 0.226 e. The van der Waals surface area contributed by atoms with E-state index in [1.165, 1.54) is 25.7 Å². The van der Waals surface area contributed by atoms with Gasteiger partial charge in [-0.05, 0) is 42.4 Å². The zero-order valence-corrected chi connectivity index (χ0v) is 19.4. The maximum atomic E-state index is 13.8.